The summed E-state index contributed by atoms with van der Waals surface area (Å²) in [5.41, 5.74) is 0.238. The van der Waals surface area contributed by atoms with Crippen LogP contribution in [0, 0.1) is 0 Å². The zero-order valence-corrected chi connectivity index (χ0v) is 17.5. The zero-order valence-electron chi connectivity index (χ0n) is 14.7. The molecule has 1 rings (SSSR count). The molecule has 0 bridgehead atoms. The van der Waals surface area contributed by atoms with E-state index in [0.717, 1.165) is 23.0 Å². The first kappa shape index (κ1) is 19.9. The molecule has 0 aliphatic heterocycles. The summed E-state index contributed by atoms with van der Waals surface area (Å²) in [6.07, 6.45) is 6.03. The van der Waals surface area contributed by atoms with Gasteiger partial charge in [0, 0.05) is 0 Å². The molecule has 0 unspecified atom stereocenters. The van der Waals surface area contributed by atoms with Crippen molar-refractivity contribution in [1.82, 2.24) is 9.78 Å². The number of halogens is 2. The third kappa shape index (κ3) is 4.93. The second-order valence-electron chi connectivity index (χ2n) is 6.46. The van der Waals surface area contributed by atoms with E-state index in [2.05, 4.69) is 25.9 Å². The fourth-order valence-electron chi connectivity index (χ4n) is 3.54. The van der Waals surface area contributed by atoms with Crippen molar-refractivity contribution in [3.8, 4) is 0 Å². The Morgan fingerprint density at radius 3 is 1.82 bits per heavy atom. The summed E-state index contributed by atoms with van der Waals surface area (Å²) in [7, 11) is 1.87. The Balaban J connectivity index is 3.28. The quantitative estimate of drug-likeness (QED) is 0.437. The molecule has 2 nitrogen and oxygen atoms in total. The second kappa shape index (κ2) is 9.89. The third-order valence-electron chi connectivity index (χ3n) is 4.73. The van der Waals surface area contributed by atoms with Crippen LogP contribution in [0.3, 0.4) is 0 Å². The number of hydrogen-bond donors (Lipinski definition) is 0. The van der Waals surface area contributed by atoms with E-state index in [4.69, 9.17) is 0 Å². The molecule has 0 radical (unpaired) electrons. The average molecular weight is 421 g/mol. The molecule has 5 heteroatoms. The second-order valence-corrected chi connectivity index (χ2v) is 19.4. The molecule has 0 aliphatic rings. The van der Waals surface area contributed by atoms with E-state index in [1.807, 2.05) is 7.05 Å². The van der Waals surface area contributed by atoms with Gasteiger partial charge in [-0.3, -0.25) is 0 Å². The molecule has 1 aromatic rings. The summed E-state index contributed by atoms with van der Waals surface area (Å²) in [6.45, 7) is 6.61. The van der Waals surface area contributed by atoms with Gasteiger partial charge in [0.2, 0.25) is 0 Å². The first-order valence-electron chi connectivity index (χ1n) is 8.82. The standard InChI is InChI=1S/C5H5F2N2.3C4H9.Sn/c1-9-3-4(2-8-9)5(6)7;3*1-3-4-2;/h2,5H,1H3;3*1,3-4H2,2H3;. The Morgan fingerprint density at radius 2 is 1.45 bits per heavy atom. The van der Waals surface area contributed by atoms with Crippen LogP contribution in [0.5, 0.6) is 0 Å². The predicted molar refractivity (Wildman–Crippen MR) is 92.7 cm³/mol. The molecule has 0 aromatic carbocycles. The molecule has 0 saturated carbocycles. The van der Waals surface area contributed by atoms with Crippen LogP contribution in [-0.4, -0.2) is 28.2 Å². The summed E-state index contributed by atoms with van der Waals surface area (Å²) < 4.78 is 33.4. The van der Waals surface area contributed by atoms with Crippen molar-refractivity contribution in [1.29, 1.82) is 0 Å². The maximum atomic E-state index is 13.5. The van der Waals surface area contributed by atoms with Crippen LogP contribution in [0.15, 0.2) is 6.20 Å². The summed E-state index contributed by atoms with van der Waals surface area (Å²) in [6, 6.07) is 0. The van der Waals surface area contributed by atoms with Crippen LogP contribution in [0.1, 0.15) is 71.3 Å². The number of hydrogen-bond acceptors (Lipinski definition) is 1. The van der Waals surface area contributed by atoms with E-state index in [0.29, 0.717) is 0 Å². The van der Waals surface area contributed by atoms with E-state index in [9.17, 15) is 8.78 Å². The van der Waals surface area contributed by atoms with Gasteiger partial charge in [0.1, 0.15) is 0 Å². The van der Waals surface area contributed by atoms with Crippen molar-refractivity contribution in [3.63, 3.8) is 0 Å². The molecule has 0 atom stereocenters. The van der Waals surface area contributed by atoms with Gasteiger partial charge in [-0.1, -0.05) is 0 Å². The molecule has 0 spiro atoms. The van der Waals surface area contributed by atoms with Crippen LogP contribution < -0.4 is 3.71 Å². The van der Waals surface area contributed by atoms with Crippen molar-refractivity contribution in [2.75, 3.05) is 0 Å². The monoisotopic (exact) mass is 422 g/mol. The molecule has 1 heterocycles. The predicted octanol–water partition coefficient (Wildman–Crippen LogP) is 5.41. The molecule has 128 valence electrons. The van der Waals surface area contributed by atoms with Crippen molar-refractivity contribution in [2.45, 2.75) is 79.0 Å². The fourth-order valence-corrected chi connectivity index (χ4v) is 20.9. The topological polar surface area (TPSA) is 17.8 Å². The minimum atomic E-state index is -2.82. The van der Waals surface area contributed by atoms with Gasteiger partial charge in [0.15, 0.2) is 0 Å². The molecular weight excluding hydrogens is 389 g/mol. The molecule has 22 heavy (non-hydrogen) atoms. The molecule has 0 N–H and O–H groups in total. The van der Waals surface area contributed by atoms with Gasteiger partial charge >= 0.3 is 138 Å². The van der Waals surface area contributed by atoms with Crippen molar-refractivity contribution in [3.05, 3.63) is 11.8 Å². The van der Waals surface area contributed by atoms with Crippen LogP contribution in [-0.2, 0) is 7.05 Å². The summed E-state index contributed by atoms with van der Waals surface area (Å²) in [5.74, 6) is 0. The summed E-state index contributed by atoms with van der Waals surface area (Å²) >= 11 is -2.82. The Labute approximate surface area is 138 Å². The van der Waals surface area contributed by atoms with Gasteiger partial charge in [0.05, 0.1) is 0 Å². The first-order chi connectivity index (χ1) is 10.5. The number of alkyl halides is 2. The van der Waals surface area contributed by atoms with E-state index < -0.39 is 24.8 Å². The molecule has 0 saturated heterocycles. The number of nitrogens with zero attached hydrogens (tertiary/aromatic N) is 2. The first-order valence-corrected chi connectivity index (χ1v) is 16.3. The van der Waals surface area contributed by atoms with Crippen LogP contribution in [0.4, 0.5) is 8.78 Å². The van der Waals surface area contributed by atoms with E-state index in [1.165, 1.54) is 38.8 Å². The van der Waals surface area contributed by atoms with E-state index in [-0.39, 0.29) is 5.56 Å². The van der Waals surface area contributed by atoms with Crippen molar-refractivity contribution < 1.29 is 8.78 Å². The SMILES string of the molecule is CCC[CH2][Sn]([CH2]CCC)([CH2]CCC)[c]1c(C(F)F)cnn1C. The van der Waals surface area contributed by atoms with Crippen molar-refractivity contribution in [2.24, 2.45) is 7.05 Å². The number of aryl methyl sites for hydroxylation is 1. The molecular formula is C17H32F2N2Sn. The van der Waals surface area contributed by atoms with Gasteiger partial charge in [0.25, 0.3) is 0 Å². The van der Waals surface area contributed by atoms with Gasteiger partial charge in [-0.15, -0.1) is 0 Å². The maximum absolute atomic E-state index is 13.5. The Kier molecular flexibility index (Phi) is 8.95. The van der Waals surface area contributed by atoms with Gasteiger partial charge in [-0.25, -0.2) is 0 Å². The van der Waals surface area contributed by atoms with E-state index >= 15 is 0 Å². The Hall–Kier alpha value is -0.131. The van der Waals surface area contributed by atoms with Gasteiger partial charge < -0.3 is 0 Å². The Bertz CT molecular complexity index is 411. The van der Waals surface area contributed by atoms with Gasteiger partial charge in [-0.05, 0) is 0 Å². The van der Waals surface area contributed by atoms with Crippen LogP contribution in [0.2, 0.25) is 13.3 Å². The third-order valence-corrected chi connectivity index (χ3v) is 20.6. The molecule has 0 amide bonds. The number of rotatable bonds is 11. The summed E-state index contributed by atoms with van der Waals surface area (Å²) in [5, 5.41) is 4.22. The van der Waals surface area contributed by atoms with Crippen LogP contribution in [0.25, 0.3) is 0 Å². The minimum absolute atomic E-state index is 0.238. The average Bonchev–Trinajstić information content (AvgIpc) is 2.90. The number of aromatic nitrogens is 2. The van der Waals surface area contributed by atoms with Crippen molar-refractivity contribution >= 4 is 22.1 Å². The van der Waals surface area contributed by atoms with Gasteiger partial charge in [-0.2, -0.15) is 0 Å². The fraction of sp³-hybridized carbons (Fsp3) is 0.824. The Morgan fingerprint density at radius 1 is 1.00 bits per heavy atom. The van der Waals surface area contributed by atoms with Crippen LogP contribution >= 0.6 is 0 Å². The molecule has 0 aliphatic carbocycles. The molecule has 1 aromatic heterocycles. The normalized spacial score (nSPS) is 12.3. The van der Waals surface area contributed by atoms with E-state index in [1.54, 1.807) is 4.68 Å². The molecule has 0 fully saturated rings. The zero-order chi connectivity index (χ0) is 16.6. The number of unbranched alkanes of at least 4 members (excludes halogenated alkanes) is 3. The summed E-state index contributed by atoms with van der Waals surface area (Å²) in [4.78, 5) is 0.